The number of urea groups is 1. The minimum Gasteiger partial charge on any atom is -0.484 e. The van der Waals surface area contributed by atoms with Crippen molar-refractivity contribution in [1.29, 1.82) is 0 Å². The van der Waals surface area contributed by atoms with Crippen LogP contribution in [0.3, 0.4) is 0 Å². The Morgan fingerprint density at radius 3 is 2.44 bits per heavy atom. The SMILES string of the molecule is O=C(COc1cccc(/C=C2/C(=O)NC(=O)N(c3ccccc3)C2=O)c1)Nc1ccc(Cl)cc1. The lowest BCUT2D eigenvalue weighted by molar-refractivity contribution is -0.122. The summed E-state index contributed by atoms with van der Waals surface area (Å²) in [7, 11) is 0. The van der Waals surface area contributed by atoms with Gasteiger partial charge in [-0.25, -0.2) is 9.69 Å². The molecule has 0 saturated carbocycles. The standard InChI is InChI=1S/C25H18ClN3O5/c26-17-9-11-18(12-10-17)27-22(30)15-34-20-8-4-5-16(13-20)14-21-23(31)28-25(33)29(24(21)32)19-6-2-1-3-7-19/h1-14H,15H2,(H,27,30)(H,28,31,33)/b21-14-. The fourth-order valence-electron chi connectivity index (χ4n) is 3.21. The van der Waals surface area contributed by atoms with Crippen molar-refractivity contribution in [3.05, 3.63) is 95.0 Å². The summed E-state index contributed by atoms with van der Waals surface area (Å²) in [5.41, 5.74) is 1.19. The maximum Gasteiger partial charge on any atom is 0.335 e. The molecular formula is C25H18ClN3O5. The summed E-state index contributed by atoms with van der Waals surface area (Å²) in [5.74, 6) is -1.55. The van der Waals surface area contributed by atoms with E-state index in [1.54, 1.807) is 78.9 Å². The first-order valence-corrected chi connectivity index (χ1v) is 10.5. The van der Waals surface area contributed by atoms with Gasteiger partial charge < -0.3 is 10.1 Å². The number of anilines is 2. The number of nitrogens with zero attached hydrogens (tertiary/aromatic N) is 1. The Morgan fingerprint density at radius 2 is 1.71 bits per heavy atom. The number of hydrogen-bond donors (Lipinski definition) is 2. The van der Waals surface area contributed by atoms with Gasteiger partial charge in [0.2, 0.25) is 0 Å². The molecule has 8 nitrogen and oxygen atoms in total. The summed E-state index contributed by atoms with van der Waals surface area (Å²) < 4.78 is 5.54. The predicted molar refractivity (Wildman–Crippen MR) is 127 cm³/mol. The minimum atomic E-state index is -0.817. The van der Waals surface area contributed by atoms with E-state index in [-0.39, 0.29) is 18.1 Å². The zero-order chi connectivity index (χ0) is 24.1. The van der Waals surface area contributed by atoms with Crippen molar-refractivity contribution in [3.8, 4) is 5.75 Å². The van der Waals surface area contributed by atoms with Gasteiger partial charge in [0.1, 0.15) is 11.3 Å². The molecule has 3 aromatic rings. The molecule has 1 aliphatic rings. The summed E-state index contributed by atoms with van der Waals surface area (Å²) in [5, 5.41) is 5.42. The van der Waals surface area contributed by atoms with Crippen molar-refractivity contribution in [2.45, 2.75) is 0 Å². The van der Waals surface area contributed by atoms with Gasteiger partial charge in [-0.15, -0.1) is 0 Å². The van der Waals surface area contributed by atoms with Gasteiger partial charge in [-0.1, -0.05) is 41.9 Å². The van der Waals surface area contributed by atoms with Gasteiger partial charge in [-0.2, -0.15) is 0 Å². The number of carbonyl (C=O) groups is 4. The van der Waals surface area contributed by atoms with Crippen LogP contribution in [-0.4, -0.2) is 30.4 Å². The lowest BCUT2D eigenvalue weighted by Gasteiger charge is -2.26. The number of imide groups is 2. The average molecular weight is 476 g/mol. The zero-order valence-electron chi connectivity index (χ0n) is 17.7. The van der Waals surface area contributed by atoms with Gasteiger partial charge in [-0.05, 0) is 60.2 Å². The lowest BCUT2D eigenvalue weighted by atomic mass is 10.1. The number of benzene rings is 3. The summed E-state index contributed by atoms with van der Waals surface area (Å²) in [4.78, 5) is 50.6. The van der Waals surface area contributed by atoms with Crippen LogP contribution >= 0.6 is 11.6 Å². The molecule has 34 heavy (non-hydrogen) atoms. The van der Waals surface area contributed by atoms with E-state index in [0.717, 1.165) is 4.90 Å². The molecular weight excluding hydrogens is 458 g/mol. The molecule has 0 aliphatic carbocycles. The third-order valence-corrected chi connectivity index (χ3v) is 5.04. The molecule has 0 spiro atoms. The van der Waals surface area contributed by atoms with Crippen LogP contribution in [0, 0.1) is 0 Å². The molecule has 5 amide bonds. The van der Waals surface area contributed by atoms with Crippen molar-refractivity contribution < 1.29 is 23.9 Å². The topological polar surface area (TPSA) is 105 Å². The smallest absolute Gasteiger partial charge is 0.335 e. The summed E-state index contributed by atoms with van der Waals surface area (Å²) >= 11 is 5.83. The Bertz CT molecular complexity index is 1290. The zero-order valence-corrected chi connectivity index (χ0v) is 18.4. The van der Waals surface area contributed by atoms with Gasteiger partial charge in [0, 0.05) is 10.7 Å². The molecule has 9 heteroatoms. The quantitative estimate of drug-likeness (QED) is 0.414. The third kappa shape index (κ3) is 5.31. The number of halogens is 1. The fourth-order valence-corrected chi connectivity index (χ4v) is 3.33. The Balaban J connectivity index is 1.47. The molecule has 2 N–H and O–H groups in total. The molecule has 0 aromatic heterocycles. The van der Waals surface area contributed by atoms with Crippen molar-refractivity contribution in [2.75, 3.05) is 16.8 Å². The molecule has 0 atom stereocenters. The molecule has 0 bridgehead atoms. The summed E-state index contributed by atoms with van der Waals surface area (Å²) in [6, 6.07) is 20.7. The first-order valence-electron chi connectivity index (χ1n) is 10.2. The number of nitrogens with one attached hydrogen (secondary N) is 2. The van der Waals surface area contributed by atoms with Crippen LogP contribution in [0.1, 0.15) is 5.56 Å². The highest BCUT2D eigenvalue weighted by Gasteiger charge is 2.36. The number of barbiturate groups is 1. The number of carbonyl (C=O) groups excluding carboxylic acids is 4. The monoisotopic (exact) mass is 475 g/mol. The van der Waals surface area contributed by atoms with Crippen LogP contribution in [0.4, 0.5) is 16.2 Å². The van der Waals surface area contributed by atoms with Gasteiger partial charge in [0.05, 0.1) is 5.69 Å². The second-order valence-electron chi connectivity index (χ2n) is 7.21. The fraction of sp³-hybridized carbons (Fsp3) is 0.0400. The molecule has 3 aromatic carbocycles. The number of amides is 5. The molecule has 1 fully saturated rings. The van der Waals surface area contributed by atoms with Crippen LogP contribution in [0.15, 0.2) is 84.4 Å². The number of ether oxygens (including phenoxy) is 1. The predicted octanol–water partition coefficient (Wildman–Crippen LogP) is 4.02. The van der Waals surface area contributed by atoms with E-state index in [2.05, 4.69) is 10.6 Å². The van der Waals surface area contributed by atoms with Gasteiger partial charge in [0.15, 0.2) is 6.61 Å². The van der Waals surface area contributed by atoms with Crippen molar-refractivity contribution in [3.63, 3.8) is 0 Å². The Morgan fingerprint density at radius 1 is 0.971 bits per heavy atom. The van der Waals surface area contributed by atoms with Gasteiger partial charge in [-0.3, -0.25) is 19.7 Å². The molecule has 1 saturated heterocycles. The van der Waals surface area contributed by atoms with E-state index < -0.39 is 17.8 Å². The normalized spacial score (nSPS) is 14.7. The molecule has 0 radical (unpaired) electrons. The van der Waals surface area contributed by atoms with Crippen molar-refractivity contribution >= 4 is 52.8 Å². The highest BCUT2D eigenvalue weighted by molar-refractivity contribution is 6.39. The Hall–Kier alpha value is -4.43. The van der Waals surface area contributed by atoms with Crippen LogP contribution in [0.5, 0.6) is 5.75 Å². The molecule has 1 aliphatic heterocycles. The molecule has 1 heterocycles. The van der Waals surface area contributed by atoms with E-state index in [1.807, 2.05) is 0 Å². The minimum absolute atomic E-state index is 0.207. The first-order chi connectivity index (χ1) is 16.4. The maximum atomic E-state index is 12.9. The largest absolute Gasteiger partial charge is 0.484 e. The third-order valence-electron chi connectivity index (χ3n) is 4.78. The molecule has 0 unspecified atom stereocenters. The number of hydrogen-bond acceptors (Lipinski definition) is 5. The van der Waals surface area contributed by atoms with E-state index in [0.29, 0.717) is 27.7 Å². The van der Waals surface area contributed by atoms with Crippen LogP contribution < -0.4 is 20.3 Å². The summed E-state index contributed by atoms with van der Waals surface area (Å²) in [6.07, 6.45) is 1.36. The Kier molecular flexibility index (Phi) is 6.70. The first kappa shape index (κ1) is 22.8. The second-order valence-corrected chi connectivity index (χ2v) is 7.65. The van der Waals surface area contributed by atoms with E-state index >= 15 is 0 Å². The van der Waals surface area contributed by atoms with Crippen LogP contribution in [-0.2, 0) is 14.4 Å². The maximum absolute atomic E-state index is 12.9. The van der Waals surface area contributed by atoms with Crippen molar-refractivity contribution in [2.24, 2.45) is 0 Å². The van der Waals surface area contributed by atoms with Gasteiger partial charge in [0.25, 0.3) is 17.7 Å². The average Bonchev–Trinajstić information content (AvgIpc) is 2.83. The van der Waals surface area contributed by atoms with E-state index in [1.165, 1.54) is 6.08 Å². The number of para-hydroxylation sites is 1. The summed E-state index contributed by atoms with van der Waals surface area (Å²) in [6.45, 7) is -0.252. The van der Waals surface area contributed by atoms with Crippen molar-refractivity contribution in [1.82, 2.24) is 5.32 Å². The molecule has 170 valence electrons. The highest BCUT2D eigenvalue weighted by Crippen LogP contribution is 2.23. The second kappa shape index (κ2) is 10.0. The van der Waals surface area contributed by atoms with E-state index in [9.17, 15) is 19.2 Å². The lowest BCUT2D eigenvalue weighted by Crippen LogP contribution is -2.54. The molecule has 4 rings (SSSR count). The van der Waals surface area contributed by atoms with Crippen LogP contribution in [0.25, 0.3) is 6.08 Å². The van der Waals surface area contributed by atoms with E-state index in [4.69, 9.17) is 16.3 Å². The van der Waals surface area contributed by atoms with Crippen LogP contribution in [0.2, 0.25) is 5.02 Å². The Labute approximate surface area is 199 Å². The number of rotatable bonds is 6. The van der Waals surface area contributed by atoms with Gasteiger partial charge >= 0.3 is 6.03 Å². The highest BCUT2D eigenvalue weighted by atomic mass is 35.5.